The molecule has 2 heterocycles. The topological polar surface area (TPSA) is 60.0 Å². The second-order valence-corrected chi connectivity index (χ2v) is 8.28. The lowest BCUT2D eigenvalue weighted by Gasteiger charge is -2.34. The molecule has 0 aromatic carbocycles. The molecule has 1 atom stereocenters. The molecule has 2 aliphatic heterocycles. The Labute approximate surface area is 144 Å². The second kappa shape index (κ2) is 8.78. The van der Waals surface area contributed by atoms with E-state index in [1.165, 1.54) is 18.6 Å². The largest absolute Gasteiger partial charge is 0.355 e. The van der Waals surface area contributed by atoms with Crippen LogP contribution in [0.15, 0.2) is 4.99 Å². The highest BCUT2D eigenvalue weighted by molar-refractivity contribution is 8.00. The molecule has 1 amide bonds. The monoisotopic (exact) mass is 341 g/mol. The van der Waals surface area contributed by atoms with Crippen molar-refractivity contribution >= 4 is 23.6 Å². The van der Waals surface area contributed by atoms with Crippen LogP contribution in [0, 0.1) is 0 Å². The third-order valence-corrected chi connectivity index (χ3v) is 6.23. The maximum Gasteiger partial charge on any atom is 0.219 e. The number of nitrogens with zero attached hydrogens (tertiary/aromatic N) is 3. The van der Waals surface area contributed by atoms with Gasteiger partial charge in [-0.25, -0.2) is 0 Å². The molecule has 2 N–H and O–H groups in total. The van der Waals surface area contributed by atoms with Gasteiger partial charge in [0.15, 0.2) is 5.96 Å². The number of rotatable bonds is 5. The van der Waals surface area contributed by atoms with E-state index in [2.05, 4.69) is 39.2 Å². The molecule has 132 valence electrons. The Morgan fingerprint density at radius 3 is 2.57 bits per heavy atom. The maximum atomic E-state index is 11.3. The Balaban J connectivity index is 1.61. The van der Waals surface area contributed by atoms with Crippen molar-refractivity contribution < 1.29 is 4.79 Å². The summed E-state index contributed by atoms with van der Waals surface area (Å²) in [5.74, 6) is 2.35. The van der Waals surface area contributed by atoms with E-state index >= 15 is 0 Å². The van der Waals surface area contributed by atoms with Crippen LogP contribution < -0.4 is 10.6 Å². The zero-order chi connectivity index (χ0) is 16.7. The molecule has 6 nitrogen and oxygen atoms in total. The van der Waals surface area contributed by atoms with Crippen molar-refractivity contribution in [1.82, 2.24) is 20.4 Å². The highest BCUT2D eigenvalue weighted by Gasteiger charge is 2.29. The van der Waals surface area contributed by atoms with Gasteiger partial charge in [0.25, 0.3) is 0 Å². The Kier molecular flexibility index (Phi) is 7.02. The maximum absolute atomic E-state index is 11.3. The van der Waals surface area contributed by atoms with Crippen molar-refractivity contribution in [3.8, 4) is 0 Å². The van der Waals surface area contributed by atoms with Gasteiger partial charge in [-0.3, -0.25) is 14.7 Å². The molecular formula is C16H31N5OS. The molecule has 2 rings (SSSR count). The molecule has 0 radical (unpaired) electrons. The fourth-order valence-electron chi connectivity index (χ4n) is 3.09. The highest BCUT2D eigenvalue weighted by Crippen LogP contribution is 2.36. The average molecular weight is 342 g/mol. The number of guanidine groups is 1. The summed E-state index contributed by atoms with van der Waals surface area (Å²) in [7, 11) is 1.82. The van der Waals surface area contributed by atoms with Gasteiger partial charge in [-0.2, -0.15) is 11.8 Å². The van der Waals surface area contributed by atoms with Crippen molar-refractivity contribution in [2.24, 2.45) is 4.99 Å². The van der Waals surface area contributed by atoms with Gasteiger partial charge in [0.2, 0.25) is 5.91 Å². The fourth-order valence-corrected chi connectivity index (χ4v) is 4.33. The number of amides is 1. The van der Waals surface area contributed by atoms with E-state index in [0.717, 1.165) is 51.8 Å². The van der Waals surface area contributed by atoms with Crippen molar-refractivity contribution in [3.63, 3.8) is 0 Å². The van der Waals surface area contributed by atoms with Crippen LogP contribution in [0.3, 0.4) is 0 Å². The number of piperazine rings is 1. The van der Waals surface area contributed by atoms with Gasteiger partial charge in [-0.1, -0.05) is 0 Å². The molecule has 0 spiro atoms. The number of thioether (sulfide) groups is 1. The Morgan fingerprint density at radius 2 is 2.00 bits per heavy atom. The number of hydrogen-bond acceptors (Lipinski definition) is 4. The van der Waals surface area contributed by atoms with E-state index in [1.54, 1.807) is 6.92 Å². The van der Waals surface area contributed by atoms with E-state index in [9.17, 15) is 4.79 Å². The van der Waals surface area contributed by atoms with Crippen LogP contribution in [0.1, 0.15) is 26.7 Å². The molecule has 23 heavy (non-hydrogen) atoms. The summed E-state index contributed by atoms with van der Waals surface area (Å²) in [4.78, 5) is 20.0. The van der Waals surface area contributed by atoms with Gasteiger partial charge in [-0.15, -0.1) is 0 Å². The van der Waals surface area contributed by atoms with Gasteiger partial charge in [-0.05, 0) is 25.5 Å². The number of carbonyl (C=O) groups is 1. The summed E-state index contributed by atoms with van der Waals surface area (Å²) >= 11 is 2.06. The summed E-state index contributed by atoms with van der Waals surface area (Å²) in [5, 5.41) is 6.86. The molecule has 7 heteroatoms. The minimum Gasteiger partial charge on any atom is -0.355 e. The Hall–Kier alpha value is -0.950. The van der Waals surface area contributed by atoms with E-state index in [0.29, 0.717) is 4.75 Å². The molecule has 0 aliphatic carbocycles. The van der Waals surface area contributed by atoms with Gasteiger partial charge in [0.05, 0.1) is 0 Å². The second-order valence-electron chi connectivity index (χ2n) is 6.60. The van der Waals surface area contributed by atoms with E-state index in [1.807, 2.05) is 11.9 Å². The first-order valence-corrected chi connectivity index (χ1v) is 9.57. The molecule has 2 saturated heterocycles. The lowest BCUT2D eigenvalue weighted by atomic mass is 10.1. The predicted molar refractivity (Wildman–Crippen MR) is 98.2 cm³/mol. The van der Waals surface area contributed by atoms with Gasteiger partial charge >= 0.3 is 0 Å². The molecule has 0 bridgehead atoms. The van der Waals surface area contributed by atoms with E-state index < -0.39 is 0 Å². The number of aliphatic imine (C=N–C) groups is 1. The van der Waals surface area contributed by atoms with Crippen LogP contribution >= 0.6 is 11.8 Å². The smallest absolute Gasteiger partial charge is 0.219 e. The summed E-state index contributed by atoms with van der Waals surface area (Å²) in [5.41, 5.74) is 0. The van der Waals surface area contributed by atoms with Crippen LogP contribution in [-0.4, -0.2) is 85.0 Å². The summed E-state index contributed by atoms with van der Waals surface area (Å²) in [6, 6.07) is 0. The van der Waals surface area contributed by atoms with Crippen LogP contribution in [0.5, 0.6) is 0 Å². The summed E-state index contributed by atoms with van der Waals surface area (Å²) in [6.45, 7) is 10.4. The molecule has 0 aromatic heterocycles. The van der Waals surface area contributed by atoms with Crippen LogP contribution in [0.2, 0.25) is 0 Å². The van der Waals surface area contributed by atoms with Crippen molar-refractivity contribution in [3.05, 3.63) is 0 Å². The summed E-state index contributed by atoms with van der Waals surface area (Å²) < 4.78 is 0.348. The fraction of sp³-hybridized carbons (Fsp3) is 0.875. The third-order valence-electron chi connectivity index (χ3n) is 4.69. The lowest BCUT2D eigenvalue weighted by molar-refractivity contribution is -0.130. The molecule has 0 saturated carbocycles. The van der Waals surface area contributed by atoms with Gasteiger partial charge < -0.3 is 15.5 Å². The quantitative estimate of drug-likeness (QED) is 0.566. The first-order valence-electron chi connectivity index (χ1n) is 8.59. The van der Waals surface area contributed by atoms with Crippen LogP contribution in [0.25, 0.3) is 0 Å². The normalized spacial score (nSPS) is 26.4. The molecular weight excluding hydrogens is 310 g/mol. The van der Waals surface area contributed by atoms with Gasteiger partial charge in [0, 0.05) is 64.5 Å². The first kappa shape index (κ1) is 18.4. The van der Waals surface area contributed by atoms with Gasteiger partial charge in [0.1, 0.15) is 0 Å². The third kappa shape index (κ3) is 5.88. The van der Waals surface area contributed by atoms with Crippen molar-refractivity contribution in [2.45, 2.75) is 31.4 Å². The number of hydrogen-bond donors (Lipinski definition) is 2. The van der Waals surface area contributed by atoms with Crippen LogP contribution in [0.4, 0.5) is 0 Å². The minimum absolute atomic E-state index is 0.186. The average Bonchev–Trinajstić information content (AvgIpc) is 2.98. The highest BCUT2D eigenvalue weighted by atomic mass is 32.2. The molecule has 2 fully saturated rings. The lowest BCUT2D eigenvalue weighted by Crippen LogP contribution is -2.50. The Morgan fingerprint density at radius 1 is 1.26 bits per heavy atom. The predicted octanol–water partition coefficient (Wildman–Crippen LogP) is 0.601. The first-order chi connectivity index (χ1) is 11.0. The summed E-state index contributed by atoms with van der Waals surface area (Å²) in [6.07, 6.45) is 2.60. The minimum atomic E-state index is 0.186. The molecule has 2 aliphatic rings. The zero-order valence-electron chi connectivity index (χ0n) is 14.7. The standard InChI is InChI=1S/C16H31N5OS/c1-14(22)21-10-8-20(9-11-21)7-6-18-15(17-3)19-13-16(2)5-4-12-23-16/h4-13H2,1-3H3,(H2,17,18,19). The number of nitrogens with one attached hydrogen (secondary N) is 2. The zero-order valence-corrected chi connectivity index (χ0v) is 15.5. The SMILES string of the molecule is CN=C(NCCN1CCN(C(C)=O)CC1)NCC1(C)CCCS1. The van der Waals surface area contributed by atoms with Crippen molar-refractivity contribution in [1.29, 1.82) is 0 Å². The van der Waals surface area contributed by atoms with E-state index in [4.69, 9.17) is 0 Å². The van der Waals surface area contributed by atoms with Crippen LogP contribution in [-0.2, 0) is 4.79 Å². The van der Waals surface area contributed by atoms with Crippen molar-refractivity contribution in [2.75, 3.05) is 58.6 Å². The molecule has 1 unspecified atom stereocenters. The molecule has 0 aromatic rings. The van der Waals surface area contributed by atoms with E-state index in [-0.39, 0.29) is 5.91 Å². The Bertz CT molecular complexity index is 415. The number of carbonyl (C=O) groups excluding carboxylic acids is 1.